The minimum atomic E-state index is -0.237. The van der Waals surface area contributed by atoms with Crippen LogP contribution < -0.4 is 10.2 Å². The van der Waals surface area contributed by atoms with Gasteiger partial charge in [0, 0.05) is 24.8 Å². The summed E-state index contributed by atoms with van der Waals surface area (Å²) in [5.41, 5.74) is 0. The molecule has 3 nitrogen and oxygen atoms in total. The van der Waals surface area contributed by atoms with E-state index >= 15 is 0 Å². The summed E-state index contributed by atoms with van der Waals surface area (Å²) in [6.07, 6.45) is 4.02. The van der Waals surface area contributed by atoms with Crippen molar-refractivity contribution in [2.75, 3.05) is 18.0 Å². The summed E-state index contributed by atoms with van der Waals surface area (Å²) in [7, 11) is 0. The fourth-order valence-electron chi connectivity index (χ4n) is 2.28. The fraction of sp³-hybridized carbons (Fsp3) is 0.615. The van der Waals surface area contributed by atoms with Gasteiger partial charge in [-0.3, -0.25) is 0 Å². The maximum Gasteiger partial charge on any atom is 0.165 e. The van der Waals surface area contributed by atoms with Crippen molar-refractivity contribution in [2.45, 2.75) is 38.8 Å². The maximum atomic E-state index is 13.7. The van der Waals surface area contributed by atoms with Crippen molar-refractivity contribution in [1.29, 1.82) is 0 Å². The Balaban J connectivity index is 2.14. The van der Waals surface area contributed by atoms with E-state index < -0.39 is 0 Å². The number of anilines is 1. The summed E-state index contributed by atoms with van der Waals surface area (Å²) < 4.78 is 13.7. The largest absolute Gasteiger partial charge is 0.350 e. The third-order valence-corrected chi connectivity index (χ3v) is 3.21. The molecule has 0 bridgehead atoms. The second-order valence-electron chi connectivity index (χ2n) is 4.85. The van der Waals surface area contributed by atoms with Gasteiger partial charge in [-0.25, -0.2) is 9.37 Å². The van der Waals surface area contributed by atoms with E-state index in [1.54, 1.807) is 12.3 Å². The summed E-state index contributed by atoms with van der Waals surface area (Å²) in [5.74, 6) is 0.232. The molecule has 1 saturated heterocycles. The SMILES string of the molecule is CC(C)N(CC1CCCN1)c1ncccc1F. The lowest BCUT2D eigenvalue weighted by molar-refractivity contribution is 0.532. The Morgan fingerprint density at radius 2 is 2.41 bits per heavy atom. The smallest absolute Gasteiger partial charge is 0.165 e. The van der Waals surface area contributed by atoms with Gasteiger partial charge in [0.2, 0.25) is 0 Å². The number of nitrogens with one attached hydrogen (secondary N) is 1. The van der Waals surface area contributed by atoms with Gasteiger partial charge in [-0.05, 0) is 45.4 Å². The van der Waals surface area contributed by atoms with Crippen LogP contribution in [0.5, 0.6) is 0 Å². The predicted molar refractivity (Wildman–Crippen MR) is 67.7 cm³/mol. The van der Waals surface area contributed by atoms with Crippen LogP contribution in [0.3, 0.4) is 0 Å². The second kappa shape index (κ2) is 5.45. The summed E-state index contributed by atoms with van der Waals surface area (Å²) in [5, 5.41) is 3.44. The lowest BCUT2D eigenvalue weighted by atomic mass is 10.2. The van der Waals surface area contributed by atoms with Crippen molar-refractivity contribution in [3.05, 3.63) is 24.1 Å². The van der Waals surface area contributed by atoms with Crippen LogP contribution in [0.4, 0.5) is 10.2 Å². The highest BCUT2D eigenvalue weighted by Gasteiger charge is 2.22. The lowest BCUT2D eigenvalue weighted by Gasteiger charge is -2.30. The van der Waals surface area contributed by atoms with Crippen LogP contribution in [0.1, 0.15) is 26.7 Å². The standard InChI is InChI=1S/C13H20FN3/c1-10(2)17(9-11-5-3-7-15-11)13-12(14)6-4-8-16-13/h4,6,8,10-11,15H,3,5,7,9H2,1-2H3. The number of hydrogen-bond donors (Lipinski definition) is 1. The first-order chi connectivity index (χ1) is 8.18. The van der Waals surface area contributed by atoms with Crippen LogP contribution >= 0.6 is 0 Å². The van der Waals surface area contributed by atoms with E-state index in [0.29, 0.717) is 11.9 Å². The van der Waals surface area contributed by atoms with Crippen LogP contribution in [0.2, 0.25) is 0 Å². The molecule has 0 aliphatic carbocycles. The van der Waals surface area contributed by atoms with E-state index in [2.05, 4.69) is 24.1 Å². The molecular formula is C13H20FN3. The Bertz CT molecular complexity index is 361. The molecule has 1 aromatic rings. The molecule has 1 aromatic heterocycles. The topological polar surface area (TPSA) is 28.2 Å². The number of rotatable bonds is 4. The molecule has 0 radical (unpaired) electrons. The molecular weight excluding hydrogens is 217 g/mol. The lowest BCUT2D eigenvalue weighted by Crippen LogP contribution is -2.42. The molecule has 94 valence electrons. The van der Waals surface area contributed by atoms with E-state index in [4.69, 9.17) is 0 Å². The van der Waals surface area contributed by atoms with E-state index in [0.717, 1.165) is 19.5 Å². The summed E-state index contributed by atoms with van der Waals surface area (Å²) in [6.45, 7) is 6.04. The molecule has 2 rings (SSSR count). The first kappa shape index (κ1) is 12.3. The van der Waals surface area contributed by atoms with Crippen molar-refractivity contribution in [3.8, 4) is 0 Å². The van der Waals surface area contributed by atoms with Gasteiger partial charge in [0.15, 0.2) is 11.6 Å². The Morgan fingerprint density at radius 3 is 3.00 bits per heavy atom. The van der Waals surface area contributed by atoms with Crippen LogP contribution in [0, 0.1) is 5.82 Å². The van der Waals surface area contributed by atoms with Crippen LogP contribution in [-0.2, 0) is 0 Å². The highest BCUT2D eigenvalue weighted by molar-refractivity contribution is 5.40. The minimum absolute atomic E-state index is 0.237. The maximum absolute atomic E-state index is 13.7. The Kier molecular flexibility index (Phi) is 3.94. The fourth-order valence-corrected chi connectivity index (χ4v) is 2.28. The van der Waals surface area contributed by atoms with Crippen molar-refractivity contribution in [3.63, 3.8) is 0 Å². The normalized spacial score (nSPS) is 19.9. The average molecular weight is 237 g/mol. The zero-order valence-electron chi connectivity index (χ0n) is 10.5. The zero-order chi connectivity index (χ0) is 12.3. The second-order valence-corrected chi connectivity index (χ2v) is 4.85. The number of aromatic nitrogens is 1. The van der Waals surface area contributed by atoms with Crippen molar-refractivity contribution in [1.82, 2.24) is 10.3 Å². The number of pyridine rings is 1. The van der Waals surface area contributed by atoms with Gasteiger partial charge in [-0.1, -0.05) is 0 Å². The molecule has 1 N–H and O–H groups in total. The molecule has 0 spiro atoms. The zero-order valence-corrected chi connectivity index (χ0v) is 10.5. The molecule has 1 fully saturated rings. The first-order valence-corrected chi connectivity index (χ1v) is 6.29. The number of nitrogens with zero attached hydrogens (tertiary/aromatic N) is 2. The molecule has 0 amide bonds. The van der Waals surface area contributed by atoms with Gasteiger partial charge in [0.05, 0.1) is 0 Å². The average Bonchev–Trinajstić information content (AvgIpc) is 2.79. The Hall–Kier alpha value is -1.16. The summed E-state index contributed by atoms with van der Waals surface area (Å²) in [6, 6.07) is 3.81. The van der Waals surface area contributed by atoms with Crippen LogP contribution in [-0.4, -0.2) is 30.2 Å². The molecule has 1 aliphatic heterocycles. The van der Waals surface area contributed by atoms with Gasteiger partial charge >= 0.3 is 0 Å². The molecule has 2 heterocycles. The van der Waals surface area contributed by atoms with E-state index in [-0.39, 0.29) is 11.9 Å². The molecule has 0 saturated carbocycles. The van der Waals surface area contributed by atoms with Gasteiger partial charge in [-0.2, -0.15) is 0 Å². The third kappa shape index (κ3) is 2.94. The van der Waals surface area contributed by atoms with Crippen molar-refractivity contribution in [2.24, 2.45) is 0 Å². The molecule has 17 heavy (non-hydrogen) atoms. The number of hydrogen-bond acceptors (Lipinski definition) is 3. The highest BCUT2D eigenvalue weighted by Crippen LogP contribution is 2.19. The monoisotopic (exact) mass is 237 g/mol. The highest BCUT2D eigenvalue weighted by atomic mass is 19.1. The van der Waals surface area contributed by atoms with E-state index in [9.17, 15) is 4.39 Å². The van der Waals surface area contributed by atoms with E-state index in [1.807, 2.05) is 4.90 Å². The molecule has 1 unspecified atom stereocenters. The van der Waals surface area contributed by atoms with Gasteiger partial charge in [0.1, 0.15) is 0 Å². The van der Waals surface area contributed by atoms with Gasteiger partial charge < -0.3 is 10.2 Å². The van der Waals surface area contributed by atoms with Gasteiger partial charge in [-0.15, -0.1) is 0 Å². The molecule has 4 heteroatoms. The molecule has 1 atom stereocenters. The molecule has 1 aliphatic rings. The van der Waals surface area contributed by atoms with Gasteiger partial charge in [0.25, 0.3) is 0 Å². The quantitative estimate of drug-likeness (QED) is 0.870. The summed E-state index contributed by atoms with van der Waals surface area (Å²) >= 11 is 0. The van der Waals surface area contributed by atoms with Crippen molar-refractivity contribution < 1.29 is 4.39 Å². The Morgan fingerprint density at radius 1 is 1.59 bits per heavy atom. The third-order valence-electron chi connectivity index (χ3n) is 3.21. The first-order valence-electron chi connectivity index (χ1n) is 6.29. The summed E-state index contributed by atoms with van der Waals surface area (Å²) in [4.78, 5) is 6.21. The number of halogens is 1. The minimum Gasteiger partial charge on any atom is -0.350 e. The van der Waals surface area contributed by atoms with Crippen LogP contribution in [0.15, 0.2) is 18.3 Å². The molecule has 0 aromatic carbocycles. The Labute approximate surface area is 102 Å². The van der Waals surface area contributed by atoms with Crippen LogP contribution in [0.25, 0.3) is 0 Å². The van der Waals surface area contributed by atoms with Crippen molar-refractivity contribution >= 4 is 5.82 Å². The predicted octanol–water partition coefficient (Wildman–Crippen LogP) is 2.19. The van der Waals surface area contributed by atoms with E-state index in [1.165, 1.54) is 12.5 Å².